The van der Waals surface area contributed by atoms with Gasteiger partial charge < -0.3 is 9.80 Å². The third-order valence-corrected chi connectivity index (χ3v) is 4.69. The Bertz CT molecular complexity index is 454. The van der Waals surface area contributed by atoms with E-state index in [1.165, 1.54) is 0 Å². The number of nitrogens with zero attached hydrogens (tertiary/aromatic N) is 6. The molecule has 0 aliphatic carbocycles. The van der Waals surface area contributed by atoms with Crippen molar-refractivity contribution in [2.75, 3.05) is 26.2 Å². The Hall–Kier alpha value is -1.46. The quantitative estimate of drug-likeness (QED) is 0.636. The lowest BCUT2D eigenvalue weighted by atomic mass is 9.97. The van der Waals surface area contributed by atoms with Crippen LogP contribution in [-0.2, 0) is 0 Å². The molecule has 0 N–H and O–H groups in total. The lowest BCUT2D eigenvalue weighted by Gasteiger charge is -2.39. The molecule has 2 unspecified atom stereocenters. The minimum atomic E-state index is -0.330. The summed E-state index contributed by atoms with van der Waals surface area (Å²) in [5, 5.41) is 9.81. The van der Waals surface area contributed by atoms with E-state index in [0.717, 1.165) is 39.0 Å². The fraction of sp³-hybridized carbons (Fsp3) is 0.889. The first-order valence-corrected chi connectivity index (χ1v) is 9.23. The maximum atomic E-state index is 4.90. The number of azo groups is 1. The molecule has 2 aliphatic heterocycles. The van der Waals surface area contributed by atoms with Crippen LogP contribution >= 0.6 is 0 Å². The number of hydrogen-bond donors (Lipinski definition) is 0. The van der Waals surface area contributed by atoms with Crippen LogP contribution in [0.4, 0.5) is 0 Å². The van der Waals surface area contributed by atoms with Crippen LogP contribution in [0, 0.1) is 11.8 Å². The third kappa shape index (κ3) is 4.54. The SMILES string of the molecule is CC(C)CC(C)(N=NC(C)(CC(C)C)N1C=NCC1)N1C=NCC1. The van der Waals surface area contributed by atoms with Crippen molar-refractivity contribution < 1.29 is 0 Å². The normalized spacial score (nSPS) is 23.0. The summed E-state index contributed by atoms with van der Waals surface area (Å²) in [5.41, 5.74) is -0.660. The molecule has 2 aliphatic rings. The highest BCUT2D eigenvalue weighted by Crippen LogP contribution is 2.31. The molecule has 0 spiro atoms. The van der Waals surface area contributed by atoms with Crippen LogP contribution in [0.5, 0.6) is 0 Å². The molecule has 2 atom stereocenters. The van der Waals surface area contributed by atoms with Gasteiger partial charge in [-0.2, -0.15) is 10.2 Å². The molecule has 0 saturated heterocycles. The van der Waals surface area contributed by atoms with Crippen molar-refractivity contribution in [1.82, 2.24) is 9.80 Å². The minimum Gasteiger partial charge on any atom is -0.335 e. The van der Waals surface area contributed by atoms with E-state index >= 15 is 0 Å². The first kappa shape index (κ1) is 18.9. The average Bonchev–Trinajstić information content (AvgIpc) is 3.17. The summed E-state index contributed by atoms with van der Waals surface area (Å²) < 4.78 is 0. The Morgan fingerprint density at radius 3 is 1.46 bits per heavy atom. The van der Waals surface area contributed by atoms with Crippen LogP contribution in [-0.4, -0.2) is 60.0 Å². The third-order valence-electron chi connectivity index (χ3n) is 4.69. The molecule has 0 aromatic carbocycles. The summed E-state index contributed by atoms with van der Waals surface area (Å²) in [6, 6.07) is 0. The van der Waals surface area contributed by atoms with Crippen LogP contribution in [0.15, 0.2) is 20.2 Å². The Labute approximate surface area is 147 Å². The first-order valence-electron chi connectivity index (χ1n) is 9.23. The van der Waals surface area contributed by atoms with Crippen molar-refractivity contribution in [2.24, 2.45) is 32.0 Å². The lowest BCUT2D eigenvalue weighted by Crippen LogP contribution is -2.47. The smallest absolute Gasteiger partial charge is 0.151 e. The van der Waals surface area contributed by atoms with E-state index in [2.05, 4.69) is 61.3 Å². The van der Waals surface area contributed by atoms with Crippen LogP contribution in [0.2, 0.25) is 0 Å². The van der Waals surface area contributed by atoms with Gasteiger partial charge in [0.05, 0.1) is 25.8 Å². The molecular formula is C18H34N6. The molecule has 0 aromatic rings. The van der Waals surface area contributed by atoms with Gasteiger partial charge in [-0.3, -0.25) is 9.98 Å². The zero-order valence-electron chi connectivity index (χ0n) is 16.2. The summed E-state index contributed by atoms with van der Waals surface area (Å²) >= 11 is 0. The van der Waals surface area contributed by atoms with Gasteiger partial charge in [-0.25, -0.2) is 0 Å². The molecule has 24 heavy (non-hydrogen) atoms. The van der Waals surface area contributed by atoms with Gasteiger partial charge in [-0.1, -0.05) is 27.7 Å². The molecule has 0 fully saturated rings. The van der Waals surface area contributed by atoms with Crippen molar-refractivity contribution in [3.63, 3.8) is 0 Å². The summed E-state index contributed by atoms with van der Waals surface area (Å²) in [4.78, 5) is 13.2. The maximum Gasteiger partial charge on any atom is 0.151 e. The molecule has 0 amide bonds. The van der Waals surface area contributed by atoms with Gasteiger partial charge in [0.25, 0.3) is 0 Å². The van der Waals surface area contributed by atoms with E-state index in [9.17, 15) is 0 Å². The van der Waals surface area contributed by atoms with Crippen LogP contribution in [0.25, 0.3) is 0 Å². The number of aliphatic imine (C=N–C) groups is 2. The summed E-state index contributed by atoms with van der Waals surface area (Å²) in [6.07, 6.45) is 5.82. The molecule has 0 radical (unpaired) electrons. The Balaban J connectivity index is 2.25. The molecule has 2 heterocycles. The molecule has 6 heteroatoms. The molecule has 6 nitrogen and oxygen atoms in total. The predicted octanol–water partition coefficient (Wildman–Crippen LogP) is 3.65. The molecule has 0 aromatic heterocycles. The molecule has 136 valence electrons. The zero-order valence-corrected chi connectivity index (χ0v) is 16.2. The second-order valence-corrected chi connectivity index (χ2v) is 8.26. The Morgan fingerprint density at radius 2 is 1.21 bits per heavy atom. The van der Waals surface area contributed by atoms with Crippen molar-refractivity contribution in [3.05, 3.63) is 0 Å². The van der Waals surface area contributed by atoms with E-state index in [4.69, 9.17) is 10.2 Å². The second kappa shape index (κ2) is 7.62. The van der Waals surface area contributed by atoms with Crippen molar-refractivity contribution in [2.45, 2.75) is 65.7 Å². The molecular weight excluding hydrogens is 300 g/mol. The van der Waals surface area contributed by atoms with Gasteiger partial charge in [-0.05, 0) is 38.5 Å². The summed E-state index contributed by atoms with van der Waals surface area (Å²) in [5.74, 6) is 1.10. The fourth-order valence-corrected chi connectivity index (χ4v) is 3.68. The van der Waals surface area contributed by atoms with Crippen LogP contribution in [0.3, 0.4) is 0 Å². The molecule has 2 rings (SSSR count). The highest BCUT2D eigenvalue weighted by Gasteiger charge is 2.37. The maximum absolute atomic E-state index is 4.90. The van der Waals surface area contributed by atoms with Crippen molar-refractivity contribution in [3.8, 4) is 0 Å². The molecule has 0 bridgehead atoms. The fourth-order valence-electron chi connectivity index (χ4n) is 3.68. The zero-order chi connectivity index (χ0) is 17.8. The second-order valence-electron chi connectivity index (χ2n) is 8.26. The first-order chi connectivity index (χ1) is 11.3. The highest BCUT2D eigenvalue weighted by molar-refractivity contribution is 5.59. The standard InChI is InChI=1S/C18H34N6/c1-15(2)11-17(5,23-9-7-19-13-23)21-22-18(6,12-16(3)4)24-10-8-20-14-24/h13-16H,7-12H2,1-6H3. The largest absolute Gasteiger partial charge is 0.335 e. The summed E-state index contributed by atoms with van der Waals surface area (Å²) in [7, 11) is 0. The minimum absolute atomic E-state index is 0.330. The van der Waals surface area contributed by atoms with Crippen molar-refractivity contribution >= 4 is 12.7 Å². The van der Waals surface area contributed by atoms with Gasteiger partial charge in [0.15, 0.2) is 11.3 Å². The topological polar surface area (TPSA) is 55.9 Å². The van der Waals surface area contributed by atoms with Crippen LogP contribution < -0.4 is 0 Å². The molecule has 0 saturated carbocycles. The number of rotatable bonds is 8. The summed E-state index contributed by atoms with van der Waals surface area (Å²) in [6.45, 7) is 16.9. The average molecular weight is 335 g/mol. The highest BCUT2D eigenvalue weighted by atomic mass is 15.4. The monoisotopic (exact) mass is 334 g/mol. The van der Waals surface area contributed by atoms with Gasteiger partial charge in [0.2, 0.25) is 0 Å². The van der Waals surface area contributed by atoms with Gasteiger partial charge >= 0.3 is 0 Å². The van der Waals surface area contributed by atoms with E-state index in [1.807, 2.05) is 12.7 Å². The number of hydrogen-bond acceptors (Lipinski definition) is 6. The van der Waals surface area contributed by atoms with Gasteiger partial charge in [0, 0.05) is 13.1 Å². The van der Waals surface area contributed by atoms with E-state index in [0.29, 0.717) is 11.8 Å². The lowest BCUT2D eigenvalue weighted by molar-refractivity contribution is 0.135. The van der Waals surface area contributed by atoms with Crippen LogP contribution in [0.1, 0.15) is 54.4 Å². The Kier molecular flexibility index (Phi) is 5.99. The van der Waals surface area contributed by atoms with Crippen molar-refractivity contribution in [1.29, 1.82) is 0 Å². The van der Waals surface area contributed by atoms with E-state index < -0.39 is 0 Å². The van der Waals surface area contributed by atoms with E-state index in [1.54, 1.807) is 0 Å². The predicted molar refractivity (Wildman–Crippen MR) is 101 cm³/mol. The van der Waals surface area contributed by atoms with Gasteiger partial charge in [-0.15, -0.1) is 0 Å². The van der Waals surface area contributed by atoms with E-state index in [-0.39, 0.29) is 11.3 Å². The Morgan fingerprint density at radius 1 is 0.833 bits per heavy atom. The van der Waals surface area contributed by atoms with Gasteiger partial charge in [0.1, 0.15) is 0 Å².